The van der Waals surface area contributed by atoms with Crippen molar-refractivity contribution in [2.75, 3.05) is 12.3 Å². The van der Waals surface area contributed by atoms with E-state index in [2.05, 4.69) is 30.4 Å². The van der Waals surface area contributed by atoms with Gasteiger partial charge in [-0.3, -0.25) is 14.7 Å². The van der Waals surface area contributed by atoms with Crippen LogP contribution in [0.15, 0.2) is 64.5 Å². The standard InChI is InChI=1S/C22H18ClN7O2S/c23-14-5-3-4-13(10-14)21-27-18-11-19(31)29-30(18)22(28-21)33-12-20(32)24-9-8-17-25-15-6-1-2-7-16(15)26-17/h1-7,10-11H,8-9,12H2,(H,24,32)(H,25,26)(H,29,31). The third kappa shape index (κ3) is 4.76. The first kappa shape index (κ1) is 21.2. The number of imidazole rings is 1. The summed E-state index contributed by atoms with van der Waals surface area (Å²) < 4.78 is 1.47. The van der Waals surface area contributed by atoms with Gasteiger partial charge in [-0.15, -0.1) is 0 Å². The summed E-state index contributed by atoms with van der Waals surface area (Å²) in [6.07, 6.45) is 0.590. The van der Waals surface area contributed by atoms with Crippen LogP contribution >= 0.6 is 23.4 Å². The van der Waals surface area contributed by atoms with Crippen molar-refractivity contribution in [3.63, 3.8) is 0 Å². The third-order valence-corrected chi connectivity index (χ3v) is 6.04. The average molecular weight is 480 g/mol. The van der Waals surface area contributed by atoms with Crippen LogP contribution in [0.5, 0.6) is 0 Å². The molecule has 3 heterocycles. The van der Waals surface area contributed by atoms with Crippen molar-refractivity contribution in [1.29, 1.82) is 0 Å². The van der Waals surface area contributed by atoms with Crippen LogP contribution in [0.1, 0.15) is 5.82 Å². The van der Waals surface area contributed by atoms with E-state index in [9.17, 15) is 9.59 Å². The van der Waals surface area contributed by atoms with Crippen molar-refractivity contribution in [3.05, 3.63) is 75.8 Å². The number of carbonyl (C=O) groups excluding carboxylic acids is 1. The molecule has 0 saturated carbocycles. The second kappa shape index (κ2) is 9.08. The smallest absolute Gasteiger partial charge is 0.266 e. The molecule has 0 saturated heterocycles. The molecule has 11 heteroatoms. The Morgan fingerprint density at radius 1 is 1.09 bits per heavy atom. The van der Waals surface area contributed by atoms with Crippen LogP contribution in [0.4, 0.5) is 0 Å². The van der Waals surface area contributed by atoms with Crippen molar-refractivity contribution in [2.45, 2.75) is 11.6 Å². The van der Waals surface area contributed by atoms with Gasteiger partial charge < -0.3 is 10.3 Å². The predicted molar refractivity (Wildman–Crippen MR) is 128 cm³/mol. The number of hydrogen-bond acceptors (Lipinski definition) is 6. The first-order valence-corrected chi connectivity index (χ1v) is 11.5. The van der Waals surface area contributed by atoms with E-state index in [1.807, 2.05) is 30.3 Å². The monoisotopic (exact) mass is 479 g/mol. The zero-order valence-electron chi connectivity index (χ0n) is 17.2. The third-order valence-electron chi connectivity index (χ3n) is 4.86. The second-order valence-electron chi connectivity index (χ2n) is 7.24. The summed E-state index contributed by atoms with van der Waals surface area (Å²) in [5.41, 5.74) is 2.70. The summed E-state index contributed by atoms with van der Waals surface area (Å²) in [6, 6.07) is 16.3. The quantitative estimate of drug-likeness (QED) is 0.308. The highest BCUT2D eigenvalue weighted by molar-refractivity contribution is 7.99. The maximum atomic E-state index is 12.4. The summed E-state index contributed by atoms with van der Waals surface area (Å²) in [7, 11) is 0. The molecule has 2 aromatic carbocycles. The number of fused-ring (bicyclic) bond motifs is 2. The van der Waals surface area contributed by atoms with E-state index in [-0.39, 0.29) is 17.2 Å². The molecule has 3 aromatic heterocycles. The Balaban J connectivity index is 1.26. The van der Waals surface area contributed by atoms with Crippen molar-refractivity contribution >= 4 is 46.0 Å². The Morgan fingerprint density at radius 2 is 1.97 bits per heavy atom. The number of hydrogen-bond donors (Lipinski definition) is 3. The van der Waals surface area contributed by atoms with E-state index in [0.717, 1.165) is 22.4 Å². The number of nitrogens with one attached hydrogen (secondary N) is 3. The Morgan fingerprint density at radius 3 is 2.82 bits per heavy atom. The lowest BCUT2D eigenvalue weighted by molar-refractivity contribution is -0.118. The van der Waals surface area contributed by atoms with Crippen molar-refractivity contribution in [1.82, 2.24) is 34.9 Å². The number of thioether (sulfide) groups is 1. The van der Waals surface area contributed by atoms with E-state index in [1.54, 1.807) is 18.2 Å². The van der Waals surface area contributed by atoms with Gasteiger partial charge in [0.25, 0.3) is 5.56 Å². The minimum atomic E-state index is -0.301. The number of nitrogens with zero attached hydrogens (tertiary/aromatic N) is 4. The molecule has 0 atom stereocenters. The lowest BCUT2D eigenvalue weighted by atomic mass is 10.2. The average Bonchev–Trinajstić information content (AvgIpc) is 3.39. The van der Waals surface area contributed by atoms with Gasteiger partial charge in [-0.1, -0.05) is 47.6 Å². The fourth-order valence-corrected chi connectivity index (χ4v) is 4.33. The van der Waals surface area contributed by atoms with Gasteiger partial charge in [0.15, 0.2) is 16.6 Å². The van der Waals surface area contributed by atoms with Gasteiger partial charge in [0.05, 0.1) is 16.8 Å². The normalized spacial score (nSPS) is 11.3. The van der Waals surface area contributed by atoms with E-state index in [1.165, 1.54) is 22.3 Å². The highest BCUT2D eigenvalue weighted by atomic mass is 35.5. The van der Waals surface area contributed by atoms with Crippen LogP contribution in [0.3, 0.4) is 0 Å². The van der Waals surface area contributed by atoms with Crippen LogP contribution in [-0.2, 0) is 11.2 Å². The largest absolute Gasteiger partial charge is 0.355 e. The summed E-state index contributed by atoms with van der Waals surface area (Å²) in [5.74, 6) is 1.21. The van der Waals surface area contributed by atoms with Gasteiger partial charge in [0.2, 0.25) is 5.91 Å². The summed E-state index contributed by atoms with van der Waals surface area (Å²) >= 11 is 7.30. The number of rotatable bonds is 7. The Labute approximate surface area is 196 Å². The number of amides is 1. The molecule has 1 amide bonds. The molecular formula is C22H18ClN7O2S. The first-order chi connectivity index (χ1) is 16.0. The number of H-pyrrole nitrogens is 2. The molecule has 0 aliphatic rings. The minimum absolute atomic E-state index is 0.126. The molecule has 166 valence electrons. The zero-order chi connectivity index (χ0) is 22.8. The molecule has 0 aliphatic carbocycles. The van der Waals surface area contributed by atoms with Crippen molar-refractivity contribution in [3.8, 4) is 11.4 Å². The predicted octanol–water partition coefficient (Wildman–Crippen LogP) is 3.07. The summed E-state index contributed by atoms with van der Waals surface area (Å²) in [6.45, 7) is 0.451. The molecule has 9 nitrogen and oxygen atoms in total. The number of benzene rings is 2. The fourth-order valence-electron chi connectivity index (χ4n) is 3.36. The molecule has 33 heavy (non-hydrogen) atoms. The van der Waals surface area contributed by atoms with Crippen LogP contribution in [0.2, 0.25) is 5.02 Å². The van der Waals surface area contributed by atoms with Crippen LogP contribution in [0.25, 0.3) is 28.1 Å². The number of halogens is 1. The van der Waals surface area contributed by atoms with Gasteiger partial charge in [-0.2, -0.15) is 0 Å². The molecular weight excluding hydrogens is 462 g/mol. The lowest BCUT2D eigenvalue weighted by Gasteiger charge is -2.08. The van der Waals surface area contributed by atoms with Crippen LogP contribution in [0, 0.1) is 0 Å². The van der Waals surface area contributed by atoms with Gasteiger partial charge in [-0.25, -0.2) is 19.5 Å². The molecule has 0 radical (unpaired) electrons. The van der Waals surface area contributed by atoms with Gasteiger partial charge in [-0.05, 0) is 24.3 Å². The SMILES string of the molecule is O=C(CSc1nc(-c2cccc(Cl)c2)nc2cc(=O)[nH]n12)NCCc1nc2ccccc2[nH]1. The molecule has 3 N–H and O–H groups in total. The van der Waals surface area contributed by atoms with E-state index < -0.39 is 0 Å². The minimum Gasteiger partial charge on any atom is -0.355 e. The number of aromatic amines is 2. The van der Waals surface area contributed by atoms with Crippen LogP contribution in [-0.4, -0.2) is 47.8 Å². The molecule has 0 aliphatic heterocycles. The van der Waals surface area contributed by atoms with Gasteiger partial charge in [0, 0.05) is 29.6 Å². The lowest BCUT2D eigenvalue weighted by Crippen LogP contribution is -2.27. The van der Waals surface area contributed by atoms with Crippen LogP contribution < -0.4 is 10.9 Å². The molecule has 0 spiro atoms. The number of aromatic nitrogens is 6. The highest BCUT2D eigenvalue weighted by Gasteiger charge is 2.13. The molecule has 0 bridgehead atoms. The Kier molecular flexibility index (Phi) is 5.84. The van der Waals surface area contributed by atoms with Crippen molar-refractivity contribution in [2.24, 2.45) is 0 Å². The van der Waals surface area contributed by atoms with E-state index in [0.29, 0.717) is 34.6 Å². The number of para-hydroxylation sites is 2. The molecule has 0 unspecified atom stereocenters. The van der Waals surface area contributed by atoms with Gasteiger partial charge >= 0.3 is 0 Å². The van der Waals surface area contributed by atoms with Gasteiger partial charge in [0.1, 0.15) is 5.82 Å². The Bertz CT molecular complexity index is 1490. The zero-order valence-corrected chi connectivity index (χ0v) is 18.8. The Hall–Kier alpha value is -3.63. The highest BCUT2D eigenvalue weighted by Crippen LogP contribution is 2.23. The second-order valence-corrected chi connectivity index (χ2v) is 8.62. The number of carbonyl (C=O) groups is 1. The van der Waals surface area contributed by atoms with E-state index in [4.69, 9.17) is 11.6 Å². The molecule has 5 rings (SSSR count). The maximum absolute atomic E-state index is 12.4. The summed E-state index contributed by atoms with van der Waals surface area (Å²) in [5, 5.41) is 6.56. The molecule has 0 fully saturated rings. The topological polar surface area (TPSA) is 121 Å². The summed E-state index contributed by atoms with van der Waals surface area (Å²) in [4.78, 5) is 41.0. The maximum Gasteiger partial charge on any atom is 0.266 e. The van der Waals surface area contributed by atoms with E-state index >= 15 is 0 Å². The molecule has 5 aromatic rings. The van der Waals surface area contributed by atoms with Crippen molar-refractivity contribution < 1.29 is 4.79 Å². The fraction of sp³-hybridized carbons (Fsp3) is 0.136. The first-order valence-electron chi connectivity index (χ1n) is 10.1.